The molecule has 3 aromatic carbocycles. The molecule has 0 heterocycles. The molecular formula is C24H21N. The molecule has 1 N–H and O–H groups in total. The summed E-state index contributed by atoms with van der Waals surface area (Å²) < 4.78 is 0. The summed E-state index contributed by atoms with van der Waals surface area (Å²) in [6, 6.07) is 27.7. The van der Waals surface area contributed by atoms with Gasteiger partial charge in [-0.25, -0.2) is 0 Å². The summed E-state index contributed by atoms with van der Waals surface area (Å²) >= 11 is 0. The van der Waals surface area contributed by atoms with Crippen LogP contribution in [0.4, 0.5) is 11.4 Å². The molecule has 1 heteroatoms. The fourth-order valence-corrected chi connectivity index (χ4v) is 3.18. The third-order valence-corrected chi connectivity index (χ3v) is 4.53. The maximum absolute atomic E-state index is 3.51. The van der Waals surface area contributed by atoms with Crippen LogP contribution in [0.15, 0.2) is 97.1 Å². The molecule has 0 aliphatic heterocycles. The van der Waals surface area contributed by atoms with Gasteiger partial charge in [0.1, 0.15) is 0 Å². The zero-order chi connectivity index (χ0) is 16.9. The van der Waals surface area contributed by atoms with Gasteiger partial charge in [0.2, 0.25) is 0 Å². The summed E-state index contributed by atoms with van der Waals surface area (Å²) in [6.07, 6.45) is 8.86. The van der Waals surface area contributed by atoms with Crippen LogP contribution in [0.5, 0.6) is 0 Å². The molecule has 0 bridgehead atoms. The van der Waals surface area contributed by atoms with Crippen molar-refractivity contribution in [3.05, 3.63) is 103 Å². The van der Waals surface area contributed by atoms with Gasteiger partial charge in [0, 0.05) is 11.4 Å². The van der Waals surface area contributed by atoms with E-state index in [-0.39, 0.29) is 0 Å². The number of allylic oxidation sites excluding steroid dienone is 4. The lowest BCUT2D eigenvalue weighted by Gasteiger charge is -2.12. The van der Waals surface area contributed by atoms with Gasteiger partial charge in [-0.05, 0) is 59.4 Å². The molecule has 1 nitrogen and oxygen atoms in total. The van der Waals surface area contributed by atoms with Crippen LogP contribution in [0.2, 0.25) is 0 Å². The highest BCUT2D eigenvalue weighted by atomic mass is 14.9. The minimum Gasteiger partial charge on any atom is -0.356 e. The molecule has 3 aromatic rings. The Balaban J connectivity index is 1.52. The molecule has 0 aromatic heterocycles. The molecule has 1 aliphatic rings. The van der Waals surface area contributed by atoms with E-state index in [1.54, 1.807) is 0 Å². The molecule has 122 valence electrons. The van der Waals surface area contributed by atoms with Crippen LogP contribution < -0.4 is 5.32 Å². The first-order chi connectivity index (χ1) is 12.4. The second kappa shape index (κ2) is 7.23. The van der Waals surface area contributed by atoms with E-state index in [4.69, 9.17) is 0 Å². The molecule has 25 heavy (non-hydrogen) atoms. The zero-order valence-corrected chi connectivity index (χ0v) is 14.2. The molecule has 0 radical (unpaired) electrons. The maximum Gasteiger partial charge on any atom is 0.0390 e. The largest absolute Gasteiger partial charge is 0.356 e. The van der Waals surface area contributed by atoms with Crippen LogP contribution in [0.1, 0.15) is 18.4 Å². The quantitative estimate of drug-likeness (QED) is 0.555. The van der Waals surface area contributed by atoms with Crippen LogP contribution in [0.25, 0.3) is 16.7 Å². The van der Waals surface area contributed by atoms with Crippen molar-refractivity contribution >= 4 is 16.9 Å². The van der Waals surface area contributed by atoms with Crippen molar-refractivity contribution in [2.24, 2.45) is 0 Å². The maximum atomic E-state index is 3.51. The third-order valence-electron chi connectivity index (χ3n) is 4.53. The lowest BCUT2D eigenvalue weighted by molar-refractivity contribution is 1.05. The molecule has 0 unspecified atom stereocenters. The summed E-state index contributed by atoms with van der Waals surface area (Å²) in [5, 5.41) is 3.51. The Hall–Kier alpha value is -3.06. The van der Waals surface area contributed by atoms with Gasteiger partial charge in [0.25, 0.3) is 0 Å². The molecule has 0 saturated heterocycles. The van der Waals surface area contributed by atoms with Crippen LogP contribution >= 0.6 is 0 Å². The van der Waals surface area contributed by atoms with Crippen LogP contribution in [-0.4, -0.2) is 0 Å². The van der Waals surface area contributed by atoms with Gasteiger partial charge in [-0.1, -0.05) is 72.8 Å². The molecular weight excluding hydrogens is 302 g/mol. The normalized spacial score (nSPS) is 13.4. The van der Waals surface area contributed by atoms with Crippen molar-refractivity contribution in [2.75, 3.05) is 5.32 Å². The van der Waals surface area contributed by atoms with Gasteiger partial charge in [0.15, 0.2) is 0 Å². The van der Waals surface area contributed by atoms with Crippen LogP contribution in [-0.2, 0) is 0 Å². The number of benzene rings is 3. The molecule has 0 fully saturated rings. The molecule has 0 atom stereocenters. The van der Waals surface area contributed by atoms with Crippen molar-refractivity contribution in [1.82, 2.24) is 0 Å². The standard InChI is InChI=1S/C24H21N/c1-3-8-19(9-4-1)21-14-16-23(17-15-21)25-24-13-7-12-22(18-24)20-10-5-2-6-11-20/h1-3,5-8,10-18,25H,4,9H2. The summed E-state index contributed by atoms with van der Waals surface area (Å²) in [4.78, 5) is 0. The van der Waals surface area contributed by atoms with E-state index < -0.39 is 0 Å². The number of nitrogens with one attached hydrogen (secondary N) is 1. The minimum absolute atomic E-state index is 1.11. The second-order valence-corrected chi connectivity index (χ2v) is 6.31. The van der Waals surface area contributed by atoms with Crippen molar-refractivity contribution < 1.29 is 0 Å². The average molecular weight is 323 g/mol. The van der Waals surface area contributed by atoms with Crippen LogP contribution in [0.3, 0.4) is 0 Å². The van der Waals surface area contributed by atoms with Gasteiger partial charge in [-0.15, -0.1) is 0 Å². The lowest BCUT2D eigenvalue weighted by atomic mass is 9.97. The lowest BCUT2D eigenvalue weighted by Crippen LogP contribution is -1.92. The Bertz CT molecular complexity index is 902. The summed E-state index contributed by atoms with van der Waals surface area (Å²) in [6.45, 7) is 0. The molecule has 0 amide bonds. The highest BCUT2D eigenvalue weighted by Gasteiger charge is 2.04. The van der Waals surface area contributed by atoms with E-state index in [2.05, 4.69) is 96.3 Å². The predicted molar refractivity (Wildman–Crippen MR) is 108 cm³/mol. The van der Waals surface area contributed by atoms with Gasteiger partial charge < -0.3 is 5.32 Å². The van der Waals surface area contributed by atoms with E-state index in [9.17, 15) is 0 Å². The van der Waals surface area contributed by atoms with E-state index in [0.29, 0.717) is 0 Å². The topological polar surface area (TPSA) is 12.0 Å². The molecule has 0 saturated carbocycles. The van der Waals surface area contributed by atoms with Gasteiger partial charge in [-0.2, -0.15) is 0 Å². The Morgan fingerprint density at radius 1 is 0.640 bits per heavy atom. The van der Waals surface area contributed by atoms with Crippen LogP contribution in [0, 0.1) is 0 Å². The van der Waals surface area contributed by atoms with Crippen molar-refractivity contribution in [1.29, 1.82) is 0 Å². The summed E-state index contributed by atoms with van der Waals surface area (Å²) in [7, 11) is 0. The van der Waals surface area contributed by atoms with Crippen molar-refractivity contribution in [2.45, 2.75) is 12.8 Å². The van der Waals surface area contributed by atoms with E-state index in [1.807, 2.05) is 6.07 Å². The number of hydrogen-bond donors (Lipinski definition) is 1. The smallest absolute Gasteiger partial charge is 0.0390 e. The first-order valence-electron chi connectivity index (χ1n) is 8.77. The summed E-state index contributed by atoms with van der Waals surface area (Å²) in [5.74, 6) is 0. The van der Waals surface area contributed by atoms with E-state index in [0.717, 1.165) is 24.2 Å². The highest BCUT2D eigenvalue weighted by Crippen LogP contribution is 2.27. The highest BCUT2D eigenvalue weighted by molar-refractivity contribution is 5.73. The Labute approximate surface area is 149 Å². The first kappa shape index (κ1) is 15.5. The van der Waals surface area contributed by atoms with Crippen molar-refractivity contribution in [3.63, 3.8) is 0 Å². The fraction of sp³-hybridized carbons (Fsp3) is 0.0833. The monoisotopic (exact) mass is 323 g/mol. The zero-order valence-electron chi connectivity index (χ0n) is 14.2. The minimum atomic E-state index is 1.11. The number of hydrogen-bond acceptors (Lipinski definition) is 1. The second-order valence-electron chi connectivity index (χ2n) is 6.31. The fourth-order valence-electron chi connectivity index (χ4n) is 3.18. The first-order valence-corrected chi connectivity index (χ1v) is 8.77. The number of anilines is 2. The average Bonchev–Trinajstić information content (AvgIpc) is 2.70. The Morgan fingerprint density at radius 2 is 1.44 bits per heavy atom. The Kier molecular flexibility index (Phi) is 4.47. The van der Waals surface area contributed by atoms with E-state index >= 15 is 0 Å². The molecule has 4 rings (SSSR count). The third kappa shape index (κ3) is 3.72. The molecule has 1 aliphatic carbocycles. The number of rotatable bonds is 4. The Morgan fingerprint density at radius 3 is 2.20 bits per heavy atom. The van der Waals surface area contributed by atoms with Gasteiger partial charge >= 0.3 is 0 Å². The van der Waals surface area contributed by atoms with E-state index in [1.165, 1.54) is 22.3 Å². The van der Waals surface area contributed by atoms with Gasteiger partial charge in [0.05, 0.1) is 0 Å². The SMILES string of the molecule is C1=CCCC(c2ccc(Nc3cccc(-c4ccccc4)c3)cc2)=C1. The predicted octanol–water partition coefficient (Wildman–Crippen LogP) is 6.83. The summed E-state index contributed by atoms with van der Waals surface area (Å²) in [5.41, 5.74) is 7.41. The van der Waals surface area contributed by atoms with Crippen molar-refractivity contribution in [3.8, 4) is 11.1 Å². The molecule has 0 spiro atoms. The van der Waals surface area contributed by atoms with Gasteiger partial charge in [-0.3, -0.25) is 0 Å².